The Bertz CT molecular complexity index is 113. The summed E-state index contributed by atoms with van der Waals surface area (Å²) in [5, 5.41) is 18.1. The monoisotopic (exact) mass is 176 g/mol. The highest BCUT2D eigenvalue weighted by Gasteiger charge is 2.34. The van der Waals surface area contributed by atoms with Crippen molar-refractivity contribution in [3.63, 3.8) is 0 Å². The number of hydrogen-bond donors (Lipinski definition) is 2. The predicted octanol–water partition coefficient (Wildman–Crippen LogP) is 0.932. The Labute approximate surface area is 72.0 Å². The van der Waals surface area contributed by atoms with E-state index in [0.717, 1.165) is 11.5 Å². The van der Waals surface area contributed by atoms with Gasteiger partial charge >= 0.3 is 0 Å². The molecule has 1 aliphatic heterocycles. The predicted molar refractivity (Wildman–Crippen MR) is 47.4 cm³/mol. The third kappa shape index (κ3) is 2.10. The van der Waals surface area contributed by atoms with Crippen LogP contribution in [0.15, 0.2) is 0 Å². The summed E-state index contributed by atoms with van der Waals surface area (Å²) in [5.41, 5.74) is 0. The lowest BCUT2D eigenvalue weighted by Gasteiger charge is -2.36. The lowest BCUT2D eigenvalue weighted by Crippen LogP contribution is -2.38. The number of hydrogen-bond acceptors (Lipinski definition) is 3. The maximum atomic E-state index is 9.06. The average molecular weight is 176 g/mol. The van der Waals surface area contributed by atoms with Crippen molar-refractivity contribution in [2.45, 2.75) is 20.1 Å². The molecule has 0 saturated carbocycles. The minimum Gasteiger partial charge on any atom is -0.368 e. The van der Waals surface area contributed by atoms with E-state index >= 15 is 0 Å². The Morgan fingerprint density at radius 2 is 1.82 bits per heavy atom. The van der Waals surface area contributed by atoms with E-state index < -0.39 is 6.29 Å². The second-order valence-electron chi connectivity index (χ2n) is 3.53. The zero-order chi connectivity index (χ0) is 8.43. The maximum Gasteiger partial charge on any atom is 0.154 e. The molecular formula is C8H16O2S. The van der Waals surface area contributed by atoms with Crippen LogP contribution < -0.4 is 0 Å². The van der Waals surface area contributed by atoms with Gasteiger partial charge < -0.3 is 10.2 Å². The minimum atomic E-state index is -1.12. The molecule has 0 aliphatic carbocycles. The van der Waals surface area contributed by atoms with Gasteiger partial charge in [0, 0.05) is 5.92 Å². The van der Waals surface area contributed by atoms with Crippen molar-refractivity contribution in [3.8, 4) is 0 Å². The third-order valence-corrected chi connectivity index (χ3v) is 3.65. The van der Waals surface area contributed by atoms with Gasteiger partial charge in [-0.25, -0.2) is 0 Å². The van der Waals surface area contributed by atoms with Crippen LogP contribution >= 0.6 is 11.8 Å². The molecule has 2 N–H and O–H groups in total. The molecule has 0 spiro atoms. The average Bonchev–Trinajstić information content (AvgIpc) is 1.75. The van der Waals surface area contributed by atoms with Crippen LogP contribution in [0.2, 0.25) is 0 Å². The first-order valence-corrected chi connectivity index (χ1v) is 5.22. The van der Waals surface area contributed by atoms with Gasteiger partial charge in [0.15, 0.2) is 6.29 Å². The zero-order valence-corrected chi connectivity index (χ0v) is 7.84. The standard InChI is InChI=1S/C8H16O2S/c1-5(2)7(8(9)10)6-3-11-4-6/h5-10H,3-4H2,1-2H3. The Hall–Kier alpha value is 0.270. The number of thioether (sulfide) groups is 1. The molecule has 0 aromatic heterocycles. The van der Waals surface area contributed by atoms with Crippen LogP contribution in [0.1, 0.15) is 13.8 Å². The van der Waals surface area contributed by atoms with Crippen LogP contribution in [0.4, 0.5) is 0 Å². The van der Waals surface area contributed by atoms with Gasteiger partial charge in [0.05, 0.1) is 0 Å². The van der Waals surface area contributed by atoms with E-state index in [1.54, 1.807) is 0 Å². The molecule has 0 aromatic rings. The molecular weight excluding hydrogens is 160 g/mol. The lowest BCUT2D eigenvalue weighted by molar-refractivity contribution is -0.110. The highest BCUT2D eigenvalue weighted by Crippen LogP contribution is 2.36. The smallest absolute Gasteiger partial charge is 0.154 e. The summed E-state index contributed by atoms with van der Waals surface area (Å²) in [7, 11) is 0. The molecule has 1 rings (SSSR count). The summed E-state index contributed by atoms with van der Waals surface area (Å²) in [5.74, 6) is 3.18. The SMILES string of the molecule is CC(C)C(C(O)O)C1CSC1. The van der Waals surface area contributed by atoms with E-state index in [9.17, 15) is 0 Å². The molecule has 1 saturated heterocycles. The molecule has 1 unspecified atom stereocenters. The van der Waals surface area contributed by atoms with Crippen molar-refractivity contribution in [3.05, 3.63) is 0 Å². The highest BCUT2D eigenvalue weighted by molar-refractivity contribution is 8.00. The van der Waals surface area contributed by atoms with E-state index in [2.05, 4.69) is 0 Å². The summed E-state index contributed by atoms with van der Waals surface area (Å²) in [4.78, 5) is 0. The number of rotatable bonds is 3. The van der Waals surface area contributed by atoms with Crippen molar-refractivity contribution < 1.29 is 10.2 Å². The van der Waals surface area contributed by atoms with Crippen molar-refractivity contribution in [1.29, 1.82) is 0 Å². The number of aliphatic hydroxyl groups is 2. The molecule has 1 aliphatic rings. The van der Waals surface area contributed by atoms with Gasteiger partial charge in [-0.15, -0.1) is 0 Å². The molecule has 0 radical (unpaired) electrons. The van der Waals surface area contributed by atoms with E-state index in [0.29, 0.717) is 11.8 Å². The first-order chi connectivity index (χ1) is 5.13. The minimum absolute atomic E-state index is 0.0799. The molecule has 11 heavy (non-hydrogen) atoms. The summed E-state index contributed by atoms with van der Waals surface area (Å²) < 4.78 is 0. The molecule has 1 atom stereocenters. The quantitative estimate of drug-likeness (QED) is 0.629. The number of aliphatic hydroxyl groups excluding tert-OH is 1. The third-order valence-electron chi connectivity index (χ3n) is 2.32. The molecule has 0 amide bonds. The summed E-state index contributed by atoms with van der Waals surface area (Å²) in [6.07, 6.45) is -1.12. The van der Waals surface area contributed by atoms with Crippen LogP contribution in [-0.4, -0.2) is 28.0 Å². The molecule has 3 heteroatoms. The van der Waals surface area contributed by atoms with Crippen LogP contribution in [0.3, 0.4) is 0 Å². The van der Waals surface area contributed by atoms with Gasteiger partial charge in [-0.05, 0) is 23.3 Å². The normalized spacial score (nSPS) is 22.4. The second-order valence-corrected chi connectivity index (χ2v) is 4.61. The first kappa shape index (κ1) is 9.36. The summed E-state index contributed by atoms with van der Waals surface area (Å²) >= 11 is 1.89. The molecule has 1 fully saturated rings. The van der Waals surface area contributed by atoms with Crippen molar-refractivity contribution in [2.24, 2.45) is 17.8 Å². The van der Waals surface area contributed by atoms with Gasteiger partial charge in [-0.2, -0.15) is 11.8 Å². The fraction of sp³-hybridized carbons (Fsp3) is 1.00. The largest absolute Gasteiger partial charge is 0.368 e. The lowest BCUT2D eigenvalue weighted by atomic mass is 9.84. The Balaban J connectivity index is 2.44. The van der Waals surface area contributed by atoms with Crippen LogP contribution in [0.25, 0.3) is 0 Å². The van der Waals surface area contributed by atoms with Crippen molar-refractivity contribution in [1.82, 2.24) is 0 Å². The fourth-order valence-electron chi connectivity index (χ4n) is 1.61. The van der Waals surface area contributed by atoms with Crippen molar-refractivity contribution in [2.75, 3.05) is 11.5 Å². The maximum absolute atomic E-state index is 9.06. The Morgan fingerprint density at radius 1 is 1.27 bits per heavy atom. The summed E-state index contributed by atoms with van der Waals surface area (Å²) in [6.45, 7) is 4.10. The van der Waals surface area contributed by atoms with Gasteiger partial charge in [0.25, 0.3) is 0 Å². The summed E-state index contributed by atoms with van der Waals surface area (Å²) in [6, 6.07) is 0. The van der Waals surface area contributed by atoms with Gasteiger partial charge in [-0.3, -0.25) is 0 Å². The molecule has 0 aromatic carbocycles. The van der Waals surface area contributed by atoms with E-state index in [-0.39, 0.29) is 5.92 Å². The van der Waals surface area contributed by atoms with Crippen molar-refractivity contribution >= 4 is 11.8 Å². The Kier molecular flexibility index (Phi) is 3.22. The van der Waals surface area contributed by atoms with E-state index in [1.807, 2.05) is 25.6 Å². The molecule has 2 nitrogen and oxygen atoms in total. The van der Waals surface area contributed by atoms with Gasteiger partial charge in [0.1, 0.15) is 0 Å². The van der Waals surface area contributed by atoms with Crippen LogP contribution in [0.5, 0.6) is 0 Å². The second kappa shape index (κ2) is 3.78. The zero-order valence-electron chi connectivity index (χ0n) is 7.03. The van der Waals surface area contributed by atoms with Crippen LogP contribution in [0, 0.1) is 17.8 Å². The van der Waals surface area contributed by atoms with E-state index in [1.165, 1.54) is 0 Å². The van der Waals surface area contributed by atoms with Gasteiger partial charge in [-0.1, -0.05) is 13.8 Å². The molecule has 1 heterocycles. The molecule has 0 bridgehead atoms. The first-order valence-electron chi connectivity index (χ1n) is 4.06. The fourth-order valence-corrected chi connectivity index (χ4v) is 2.56. The Morgan fingerprint density at radius 3 is 1.91 bits per heavy atom. The van der Waals surface area contributed by atoms with E-state index in [4.69, 9.17) is 10.2 Å². The van der Waals surface area contributed by atoms with Gasteiger partial charge in [0.2, 0.25) is 0 Å². The molecule has 66 valence electrons. The highest BCUT2D eigenvalue weighted by atomic mass is 32.2. The van der Waals surface area contributed by atoms with Crippen LogP contribution in [-0.2, 0) is 0 Å². The topological polar surface area (TPSA) is 40.5 Å².